The Hall–Kier alpha value is -1.02. The number of ether oxygens (including phenoxy) is 1. The molecule has 2 nitrogen and oxygen atoms in total. The summed E-state index contributed by atoms with van der Waals surface area (Å²) in [5, 5.41) is 10.1. The van der Waals surface area contributed by atoms with Crippen LogP contribution in [0.4, 0.5) is 0 Å². The fourth-order valence-corrected chi connectivity index (χ4v) is 1.91. The molecule has 0 aliphatic rings. The quantitative estimate of drug-likeness (QED) is 0.801. The predicted molar refractivity (Wildman–Crippen MR) is 66.8 cm³/mol. The van der Waals surface area contributed by atoms with Crippen LogP contribution in [0.1, 0.15) is 38.7 Å². The van der Waals surface area contributed by atoms with E-state index in [9.17, 15) is 5.11 Å². The van der Waals surface area contributed by atoms with E-state index in [4.69, 9.17) is 4.74 Å². The first kappa shape index (κ1) is 13.0. The third-order valence-electron chi connectivity index (χ3n) is 2.87. The van der Waals surface area contributed by atoms with Crippen molar-refractivity contribution in [3.05, 3.63) is 29.8 Å². The van der Waals surface area contributed by atoms with Gasteiger partial charge < -0.3 is 9.84 Å². The highest BCUT2D eigenvalue weighted by Gasteiger charge is 2.18. The molecule has 1 atom stereocenters. The number of aliphatic hydroxyl groups is 1. The lowest BCUT2D eigenvalue weighted by Crippen LogP contribution is -2.24. The predicted octanol–water partition coefficient (Wildman–Crippen LogP) is 3.18. The van der Waals surface area contributed by atoms with Crippen molar-refractivity contribution in [1.29, 1.82) is 0 Å². The van der Waals surface area contributed by atoms with Gasteiger partial charge in [0.05, 0.1) is 12.7 Å². The minimum absolute atomic E-state index is 0.544. The highest BCUT2D eigenvalue weighted by Crippen LogP contribution is 2.21. The van der Waals surface area contributed by atoms with Gasteiger partial charge in [0.2, 0.25) is 0 Å². The molecule has 16 heavy (non-hydrogen) atoms. The van der Waals surface area contributed by atoms with Crippen molar-refractivity contribution in [1.82, 2.24) is 0 Å². The Morgan fingerprint density at radius 2 is 2.06 bits per heavy atom. The van der Waals surface area contributed by atoms with Crippen LogP contribution in [0.5, 0.6) is 5.75 Å². The van der Waals surface area contributed by atoms with Crippen LogP contribution in [0.3, 0.4) is 0 Å². The van der Waals surface area contributed by atoms with E-state index in [1.165, 1.54) is 5.56 Å². The molecule has 0 fully saturated rings. The van der Waals surface area contributed by atoms with Crippen LogP contribution in [0.25, 0.3) is 0 Å². The maximum atomic E-state index is 10.1. The molecule has 0 saturated carbocycles. The molecule has 1 aromatic carbocycles. The summed E-state index contributed by atoms with van der Waals surface area (Å²) in [5.74, 6) is 0.882. The van der Waals surface area contributed by atoms with Gasteiger partial charge in [0, 0.05) is 0 Å². The third-order valence-corrected chi connectivity index (χ3v) is 2.87. The van der Waals surface area contributed by atoms with Crippen LogP contribution in [0.15, 0.2) is 24.3 Å². The van der Waals surface area contributed by atoms with Crippen LogP contribution < -0.4 is 4.74 Å². The topological polar surface area (TPSA) is 29.5 Å². The molecule has 0 aliphatic heterocycles. The Morgan fingerprint density at radius 3 is 2.69 bits per heavy atom. The highest BCUT2D eigenvalue weighted by atomic mass is 16.5. The van der Waals surface area contributed by atoms with E-state index in [0.29, 0.717) is 0 Å². The van der Waals surface area contributed by atoms with Gasteiger partial charge >= 0.3 is 0 Å². The number of methoxy groups -OCH3 is 1. The molecule has 2 heteroatoms. The van der Waals surface area contributed by atoms with E-state index >= 15 is 0 Å². The van der Waals surface area contributed by atoms with E-state index in [1.54, 1.807) is 7.11 Å². The Balaban J connectivity index is 2.53. The summed E-state index contributed by atoms with van der Waals surface area (Å²) >= 11 is 0. The minimum atomic E-state index is -0.544. The van der Waals surface area contributed by atoms with Crippen molar-refractivity contribution in [2.24, 2.45) is 0 Å². The second kappa shape index (κ2) is 5.90. The minimum Gasteiger partial charge on any atom is -0.497 e. The molecule has 90 valence electrons. The van der Waals surface area contributed by atoms with Gasteiger partial charge in [0.25, 0.3) is 0 Å². The third kappa shape index (κ3) is 4.23. The largest absolute Gasteiger partial charge is 0.497 e. The van der Waals surface area contributed by atoms with E-state index < -0.39 is 5.60 Å². The molecule has 0 aromatic heterocycles. The highest BCUT2D eigenvalue weighted by molar-refractivity contribution is 5.28. The van der Waals surface area contributed by atoms with E-state index in [0.717, 1.165) is 31.4 Å². The molecule has 1 N–H and O–H groups in total. The Labute approximate surface area is 98.3 Å². The number of hydrogen-bond donors (Lipinski definition) is 1. The zero-order chi connectivity index (χ0) is 12.0. The Morgan fingerprint density at radius 1 is 1.31 bits per heavy atom. The van der Waals surface area contributed by atoms with Gasteiger partial charge in [0.1, 0.15) is 5.75 Å². The first-order valence-electron chi connectivity index (χ1n) is 5.93. The van der Waals surface area contributed by atoms with Crippen LogP contribution >= 0.6 is 0 Å². The van der Waals surface area contributed by atoms with Crippen molar-refractivity contribution < 1.29 is 9.84 Å². The lowest BCUT2D eigenvalue weighted by atomic mass is 9.92. The zero-order valence-electron chi connectivity index (χ0n) is 10.5. The monoisotopic (exact) mass is 222 g/mol. The SMILES string of the molecule is CCCC(C)(O)CCc1cccc(OC)c1. The zero-order valence-corrected chi connectivity index (χ0v) is 10.5. The van der Waals surface area contributed by atoms with Gasteiger partial charge in [-0.25, -0.2) is 0 Å². The Bertz CT molecular complexity index is 318. The van der Waals surface area contributed by atoms with Gasteiger partial charge in [-0.15, -0.1) is 0 Å². The molecule has 0 spiro atoms. The van der Waals surface area contributed by atoms with Gasteiger partial charge in [-0.05, 0) is 43.9 Å². The Kier molecular flexibility index (Phi) is 4.81. The van der Waals surface area contributed by atoms with E-state index in [2.05, 4.69) is 13.0 Å². The summed E-state index contributed by atoms with van der Waals surface area (Å²) in [6.45, 7) is 4.01. The maximum Gasteiger partial charge on any atom is 0.119 e. The van der Waals surface area contributed by atoms with Crippen LogP contribution in [0, 0.1) is 0 Å². The molecule has 0 amide bonds. The average molecular weight is 222 g/mol. The fraction of sp³-hybridized carbons (Fsp3) is 0.571. The van der Waals surface area contributed by atoms with Gasteiger partial charge in [-0.3, -0.25) is 0 Å². The fourth-order valence-electron chi connectivity index (χ4n) is 1.91. The summed E-state index contributed by atoms with van der Waals surface area (Å²) in [4.78, 5) is 0. The molecular weight excluding hydrogens is 200 g/mol. The number of rotatable bonds is 6. The summed E-state index contributed by atoms with van der Waals surface area (Å²) in [6, 6.07) is 8.03. The molecular formula is C14H22O2. The molecule has 1 rings (SSSR count). The first-order chi connectivity index (χ1) is 7.57. The van der Waals surface area contributed by atoms with Crippen LogP contribution in [-0.4, -0.2) is 17.8 Å². The number of hydrogen-bond acceptors (Lipinski definition) is 2. The molecule has 0 bridgehead atoms. The van der Waals surface area contributed by atoms with E-state index in [1.807, 2.05) is 25.1 Å². The van der Waals surface area contributed by atoms with Crippen molar-refractivity contribution in [3.63, 3.8) is 0 Å². The maximum absolute atomic E-state index is 10.1. The summed E-state index contributed by atoms with van der Waals surface area (Å²) < 4.78 is 5.17. The van der Waals surface area contributed by atoms with Crippen LogP contribution in [-0.2, 0) is 6.42 Å². The summed E-state index contributed by atoms with van der Waals surface area (Å²) in [5.41, 5.74) is 0.674. The molecule has 1 aromatic rings. The summed E-state index contributed by atoms with van der Waals surface area (Å²) in [6.07, 6.45) is 3.57. The lowest BCUT2D eigenvalue weighted by Gasteiger charge is -2.22. The smallest absolute Gasteiger partial charge is 0.119 e. The van der Waals surface area contributed by atoms with Gasteiger partial charge in [-0.1, -0.05) is 25.5 Å². The molecule has 0 aliphatic carbocycles. The number of aryl methyl sites for hydroxylation is 1. The second-order valence-corrected chi connectivity index (χ2v) is 4.60. The average Bonchev–Trinajstić information content (AvgIpc) is 2.27. The molecule has 0 heterocycles. The van der Waals surface area contributed by atoms with Crippen molar-refractivity contribution in [2.45, 2.75) is 45.1 Å². The first-order valence-corrected chi connectivity index (χ1v) is 5.93. The standard InChI is InChI=1S/C14H22O2/c1-4-9-14(2,15)10-8-12-6-5-7-13(11-12)16-3/h5-7,11,15H,4,8-10H2,1-3H3. The second-order valence-electron chi connectivity index (χ2n) is 4.60. The van der Waals surface area contributed by atoms with Gasteiger partial charge in [-0.2, -0.15) is 0 Å². The van der Waals surface area contributed by atoms with Crippen molar-refractivity contribution >= 4 is 0 Å². The van der Waals surface area contributed by atoms with Crippen molar-refractivity contribution in [3.8, 4) is 5.75 Å². The normalized spacial score (nSPS) is 14.5. The van der Waals surface area contributed by atoms with Gasteiger partial charge in [0.15, 0.2) is 0 Å². The molecule has 1 unspecified atom stereocenters. The van der Waals surface area contributed by atoms with Crippen molar-refractivity contribution in [2.75, 3.05) is 7.11 Å². The van der Waals surface area contributed by atoms with E-state index in [-0.39, 0.29) is 0 Å². The van der Waals surface area contributed by atoms with Crippen LogP contribution in [0.2, 0.25) is 0 Å². The molecule has 0 saturated heterocycles. The number of benzene rings is 1. The summed E-state index contributed by atoms with van der Waals surface area (Å²) in [7, 11) is 1.67. The lowest BCUT2D eigenvalue weighted by molar-refractivity contribution is 0.0416. The molecule has 0 radical (unpaired) electrons.